The van der Waals surface area contributed by atoms with Gasteiger partial charge >= 0.3 is 0 Å². The molecule has 2 N–H and O–H groups in total. The van der Waals surface area contributed by atoms with Gasteiger partial charge in [-0.05, 0) is 42.3 Å². The van der Waals surface area contributed by atoms with Gasteiger partial charge in [-0.3, -0.25) is 0 Å². The van der Waals surface area contributed by atoms with Crippen molar-refractivity contribution in [3.05, 3.63) is 58.6 Å². The molecule has 0 saturated heterocycles. The number of hydrogen-bond donors (Lipinski definition) is 1. The van der Waals surface area contributed by atoms with Crippen LogP contribution in [-0.2, 0) is 6.54 Å². The Bertz CT molecular complexity index is 508. The average Bonchev–Trinajstić information content (AvgIpc) is 2.35. The molecule has 3 heteroatoms. The van der Waals surface area contributed by atoms with E-state index in [1.54, 1.807) is 0 Å². The summed E-state index contributed by atoms with van der Waals surface area (Å²) < 4.78 is 5.72. The van der Waals surface area contributed by atoms with Gasteiger partial charge in [-0.15, -0.1) is 0 Å². The molecular formula is C14H14ClNO. The first-order valence-corrected chi connectivity index (χ1v) is 5.80. The van der Waals surface area contributed by atoms with E-state index in [1.165, 1.54) is 0 Å². The molecule has 2 rings (SSSR count). The Labute approximate surface area is 106 Å². The number of ether oxygens (including phenoxy) is 1. The molecule has 0 unspecified atom stereocenters. The fraction of sp³-hybridized carbons (Fsp3) is 0.143. The molecule has 0 fully saturated rings. The van der Waals surface area contributed by atoms with Gasteiger partial charge in [0.1, 0.15) is 11.5 Å². The molecule has 0 aliphatic carbocycles. The second kappa shape index (κ2) is 5.21. The second-order valence-corrected chi connectivity index (χ2v) is 4.29. The van der Waals surface area contributed by atoms with Crippen LogP contribution in [0.3, 0.4) is 0 Å². The molecule has 0 spiro atoms. The zero-order valence-corrected chi connectivity index (χ0v) is 10.4. The lowest BCUT2D eigenvalue weighted by atomic mass is 10.2. The second-order valence-electron chi connectivity index (χ2n) is 3.88. The number of halogens is 1. The highest BCUT2D eigenvalue weighted by Gasteiger charge is 2.03. The third-order valence-corrected chi connectivity index (χ3v) is 2.79. The topological polar surface area (TPSA) is 35.2 Å². The van der Waals surface area contributed by atoms with Gasteiger partial charge in [-0.1, -0.05) is 29.8 Å². The molecule has 2 aromatic rings. The lowest BCUT2D eigenvalue weighted by Crippen LogP contribution is -1.95. The molecule has 2 aromatic carbocycles. The van der Waals surface area contributed by atoms with E-state index in [2.05, 4.69) is 0 Å². The van der Waals surface area contributed by atoms with E-state index in [0.29, 0.717) is 17.3 Å². The summed E-state index contributed by atoms with van der Waals surface area (Å²) in [4.78, 5) is 0. The van der Waals surface area contributed by atoms with Crippen LogP contribution in [-0.4, -0.2) is 0 Å². The molecule has 0 bridgehead atoms. The minimum atomic E-state index is 0.533. The Kier molecular flexibility index (Phi) is 3.67. The Morgan fingerprint density at radius 2 is 1.82 bits per heavy atom. The van der Waals surface area contributed by atoms with Crippen LogP contribution in [0, 0.1) is 6.92 Å². The highest BCUT2D eigenvalue weighted by molar-refractivity contribution is 6.32. The van der Waals surface area contributed by atoms with Crippen LogP contribution in [0.5, 0.6) is 11.5 Å². The Morgan fingerprint density at radius 1 is 1.12 bits per heavy atom. The summed E-state index contributed by atoms with van der Waals surface area (Å²) >= 11 is 6.06. The Balaban J connectivity index is 2.22. The van der Waals surface area contributed by atoms with Crippen LogP contribution < -0.4 is 10.5 Å². The summed E-state index contributed by atoms with van der Waals surface area (Å²) in [6, 6.07) is 13.4. The molecule has 88 valence electrons. The maximum Gasteiger partial charge on any atom is 0.146 e. The fourth-order valence-corrected chi connectivity index (χ4v) is 1.67. The maximum absolute atomic E-state index is 6.06. The molecule has 0 radical (unpaired) electrons. The van der Waals surface area contributed by atoms with E-state index in [0.717, 1.165) is 16.9 Å². The van der Waals surface area contributed by atoms with Crippen LogP contribution in [0.1, 0.15) is 11.1 Å². The molecule has 0 aliphatic heterocycles. The van der Waals surface area contributed by atoms with Gasteiger partial charge in [-0.2, -0.15) is 0 Å². The minimum absolute atomic E-state index is 0.533. The van der Waals surface area contributed by atoms with Gasteiger partial charge in [0, 0.05) is 6.54 Å². The summed E-state index contributed by atoms with van der Waals surface area (Å²) in [5.74, 6) is 1.43. The van der Waals surface area contributed by atoms with Gasteiger partial charge in [0.25, 0.3) is 0 Å². The Morgan fingerprint density at radius 3 is 2.47 bits per heavy atom. The maximum atomic E-state index is 6.06. The van der Waals surface area contributed by atoms with Gasteiger partial charge in [0.15, 0.2) is 0 Å². The van der Waals surface area contributed by atoms with Crippen molar-refractivity contribution in [2.45, 2.75) is 13.5 Å². The van der Waals surface area contributed by atoms with E-state index in [9.17, 15) is 0 Å². The zero-order chi connectivity index (χ0) is 12.3. The van der Waals surface area contributed by atoms with Gasteiger partial charge in [0.2, 0.25) is 0 Å². The molecule has 17 heavy (non-hydrogen) atoms. The quantitative estimate of drug-likeness (QED) is 0.893. The first-order chi connectivity index (χ1) is 8.19. The van der Waals surface area contributed by atoms with Crippen LogP contribution in [0.25, 0.3) is 0 Å². The number of rotatable bonds is 3. The molecule has 0 saturated carbocycles. The lowest BCUT2D eigenvalue weighted by Gasteiger charge is -2.08. The van der Waals surface area contributed by atoms with Crippen molar-refractivity contribution in [2.24, 2.45) is 5.73 Å². The summed E-state index contributed by atoms with van der Waals surface area (Å²) in [5.41, 5.74) is 7.72. The predicted octanol–water partition coefficient (Wildman–Crippen LogP) is 3.90. The third kappa shape index (κ3) is 2.99. The Hall–Kier alpha value is -1.51. The number of benzene rings is 2. The smallest absolute Gasteiger partial charge is 0.146 e. The highest BCUT2D eigenvalue weighted by atomic mass is 35.5. The lowest BCUT2D eigenvalue weighted by molar-refractivity contribution is 0.482. The first kappa shape index (κ1) is 12.0. The van der Waals surface area contributed by atoms with Crippen molar-refractivity contribution < 1.29 is 4.74 Å². The molecule has 0 aliphatic rings. The summed E-state index contributed by atoms with van der Waals surface area (Å²) in [6.45, 7) is 2.53. The molecular weight excluding hydrogens is 234 g/mol. The molecule has 0 aromatic heterocycles. The fourth-order valence-electron chi connectivity index (χ4n) is 1.51. The first-order valence-electron chi connectivity index (χ1n) is 5.42. The number of aryl methyl sites for hydroxylation is 1. The highest BCUT2D eigenvalue weighted by Crippen LogP contribution is 2.30. The van der Waals surface area contributed by atoms with E-state index >= 15 is 0 Å². The van der Waals surface area contributed by atoms with E-state index < -0.39 is 0 Å². The molecule has 0 amide bonds. The number of nitrogens with two attached hydrogens (primary N) is 1. The van der Waals surface area contributed by atoms with Crippen LogP contribution in [0.4, 0.5) is 0 Å². The van der Waals surface area contributed by atoms with Crippen molar-refractivity contribution >= 4 is 11.6 Å². The van der Waals surface area contributed by atoms with Crippen molar-refractivity contribution in [3.8, 4) is 11.5 Å². The van der Waals surface area contributed by atoms with Crippen molar-refractivity contribution in [1.82, 2.24) is 0 Å². The van der Waals surface area contributed by atoms with E-state index in [4.69, 9.17) is 22.1 Å². The van der Waals surface area contributed by atoms with E-state index in [-0.39, 0.29) is 0 Å². The van der Waals surface area contributed by atoms with E-state index in [1.807, 2.05) is 49.4 Å². The van der Waals surface area contributed by atoms with Crippen molar-refractivity contribution in [2.75, 3.05) is 0 Å². The monoisotopic (exact) mass is 247 g/mol. The minimum Gasteiger partial charge on any atom is -0.456 e. The normalized spacial score (nSPS) is 10.3. The third-order valence-electron chi connectivity index (χ3n) is 2.47. The summed E-state index contributed by atoms with van der Waals surface area (Å²) in [6.07, 6.45) is 0. The largest absolute Gasteiger partial charge is 0.456 e. The number of hydrogen-bond acceptors (Lipinski definition) is 2. The standard InChI is InChI=1S/C14H14ClNO/c1-10-2-7-13(15)14(8-10)17-12-5-3-11(9-16)4-6-12/h2-8H,9,16H2,1H3. The molecule has 0 heterocycles. The van der Waals surface area contributed by atoms with Crippen LogP contribution >= 0.6 is 11.6 Å². The molecule has 2 nitrogen and oxygen atoms in total. The summed E-state index contributed by atoms with van der Waals surface area (Å²) in [7, 11) is 0. The van der Waals surface area contributed by atoms with Crippen LogP contribution in [0.2, 0.25) is 5.02 Å². The van der Waals surface area contributed by atoms with Gasteiger partial charge in [0.05, 0.1) is 5.02 Å². The molecule has 0 atom stereocenters. The summed E-state index contributed by atoms with van der Waals surface area (Å²) in [5, 5.41) is 0.610. The van der Waals surface area contributed by atoms with Crippen molar-refractivity contribution in [3.63, 3.8) is 0 Å². The average molecular weight is 248 g/mol. The van der Waals surface area contributed by atoms with Gasteiger partial charge < -0.3 is 10.5 Å². The zero-order valence-electron chi connectivity index (χ0n) is 9.61. The van der Waals surface area contributed by atoms with Crippen molar-refractivity contribution in [1.29, 1.82) is 0 Å². The SMILES string of the molecule is Cc1ccc(Cl)c(Oc2ccc(CN)cc2)c1. The van der Waals surface area contributed by atoms with Crippen LogP contribution in [0.15, 0.2) is 42.5 Å². The predicted molar refractivity (Wildman–Crippen MR) is 70.6 cm³/mol. The van der Waals surface area contributed by atoms with Gasteiger partial charge in [-0.25, -0.2) is 0 Å².